The molecule has 28 heavy (non-hydrogen) atoms. The molecule has 1 aromatic rings. The fourth-order valence-corrected chi connectivity index (χ4v) is 2.97. The van der Waals surface area contributed by atoms with Gasteiger partial charge in [0, 0.05) is 18.5 Å². The second kappa shape index (κ2) is 7.61. The van der Waals surface area contributed by atoms with Crippen molar-refractivity contribution in [3.8, 4) is 0 Å². The lowest BCUT2D eigenvalue weighted by atomic mass is 9.76. The number of aliphatic carboxylic acids is 1. The van der Waals surface area contributed by atoms with Crippen molar-refractivity contribution in [1.82, 2.24) is 10.2 Å². The monoisotopic (exact) mass is 400 g/mol. The Morgan fingerprint density at radius 3 is 2.29 bits per heavy atom. The summed E-state index contributed by atoms with van der Waals surface area (Å²) < 4.78 is 38.0. The zero-order valence-electron chi connectivity index (χ0n) is 15.2. The van der Waals surface area contributed by atoms with Crippen molar-refractivity contribution in [2.75, 3.05) is 13.1 Å². The minimum Gasteiger partial charge on any atom is -0.480 e. The van der Waals surface area contributed by atoms with Gasteiger partial charge >= 0.3 is 12.1 Å². The van der Waals surface area contributed by atoms with Gasteiger partial charge in [0.1, 0.15) is 6.54 Å². The molecule has 152 valence electrons. The quantitative estimate of drug-likeness (QED) is 0.729. The van der Waals surface area contributed by atoms with E-state index in [0.717, 1.165) is 12.1 Å². The van der Waals surface area contributed by atoms with Crippen LogP contribution in [0.2, 0.25) is 0 Å². The third-order valence-corrected chi connectivity index (χ3v) is 4.40. The largest absolute Gasteiger partial charge is 0.480 e. The number of hydrogen-bond acceptors (Lipinski definition) is 4. The number of rotatable bonds is 5. The number of benzene rings is 1. The molecule has 0 aromatic heterocycles. The van der Waals surface area contributed by atoms with Crippen LogP contribution >= 0.6 is 0 Å². The van der Waals surface area contributed by atoms with E-state index in [1.165, 1.54) is 17.0 Å². The predicted octanol–water partition coefficient (Wildman–Crippen LogP) is 1.46. The first kappa shape index (κ1) is 21.4. The van der Waals surface area contributed by atoms with E-state index in [4.69, 9.17) is 5.11 Å². The smallest absolute Gasteiger partial charge is 0.416 e. The summed E-state index contributed by atoms with van der Waals surface area (Å²) in [5.74, 6) is -5.48. The maximum atomic E-state index is 12.7. The van der Waals surface area contributed by atoms with Gasteiger partial charge in [0.05, 0.1) is 5.56 Å². The van der Waals surface area contributed by atoms with Gasteiger partial charge in [0.15, 0.2) is 11.7 Å². The highest BCUT2D eigenvalue weighted by Gasteiger charge is 2.49. The van der Waals surface area contributed by atoms with Gasteiger partial charge < -0.3 is 15.3 Å². The Kier molecular flexibility index (Phi) is 5.81. The summed E-state index contributed by atoms with van der Waals surface area (Å²) in [5.41, 5.74) is -1.51. The molecule has 2 amide bonds. The Bertz CT molecular complexity index is 802. The topological polar surface area (TPSA) is 104 Å². The number of nitrogens with one attached hydrogen (secondary N) is 1. The molecule has 1 unspecified atom stereocenters. The maximum absolute atomic E-state index is 12.7. The zero-order valence-corrected chi connectivity index (χ0v) is 15.2. The molecule has 0 spiro atoms. The van der Waals surface area contributed by atoms with E-state index in [-0.39, 0.29) is 13.1 Å². The molecular formula is C18H19F3N2O5. The molecule has 2 N–H and O–H groups in total. The van der Waals surface area contributed by atoms with Crippen LogP contribution in [0.1, 0.15) is 25.0 Å². The number of carbonyl (C=O) groups is 4. The van der Waals surface area contributed by atoms with Crippen molar-refractivity contribution < 1.29 is 37.5 Å². The number of Topliss-reactive ketones (excluding diaryl/α,β-unsaturated/α-hetero) is 1. The molecule has 1 aromatic carbocycles. The summed E-state index contributed by atoms with van der Waals surface area (Å²) in [7, 11) is 0. The number of nitrogens with zero attached hydrogens (tertiary/aromatic N) is 1. The standard InChI is InChI=1S/C18H19F3N2O5/c1-17(2)9-23(8-10-3-5-11(6-4-10)18(19,20)21)16(28)13(14(17)26)15(27)22-7-12(24)25/h3-6,13H,7-9H2,1-2H3,(H,22,27)(H,24,25). The Morgan fingerprint density at radius 2 is 1.79 bits per heavy atom. The normalized spacial score (nSPS) is 19.5. The molecule has 7 nitrogen and oxygen atoms in total. The molecule has 0 aliphatic carbocycles. The molecule has 1 heterocycles. The third-order valence-electron chi connectivity index (χ3n) is 4.40. The number of carboxylic acid groups (broad SMARTS) is 1. The van der Waals surface area contributed by atoms with Crippen LogP contribution in [-0.2, 0) is 31.9 Å². The fourth-order valence-electron chi connectivity index (χ4n) is 2.97. The van der Waals surface area contributed by atoms with Gasteiger partial charge in [-0.05, 0) is 17.7 Å². The average Bonchev–Trinajstić information content (AvgIpc) is 2.57. The lowest BCUT2D eigenvalue weighted by Crippen LogP contribution is -2.59. The van der Waals surface area contributed by atoms with E-state index in [2.05, 4.69) is 0 Å². The van der Waals surface area contributed by atoms with Crippen LogP contribution in [0, 0.1) is 11.3 Å². The zero-order chi connectivity index (χ0) is 21.3. The number of hydrogen-bond donors (Lipinski definition) is 2. The van der Waals surface area contributed by atoms with E-state index >= 15 is 0 Å². The van der Waals surface area contributed by atoms with Crippen LogP contribution < -0.4 is 5.32 Å². The second-order valence-corrected chi connectivity index (χ2v) is 7.18. The van der Waals surface area contributed by atoms with Gasteiger partial charge in [-0.2, -0.15) is 13.2 Å². The minimum atomic E-state index is -4.48. The molecule has 1 atom stereocenters. The molecule has 0 saturated carbocycles. The molecule has 1 fully saturated rings. The van der Waals surface area contributed by atoms with Crippen LogP contribution in [0.15, 0.2) is 24.3 Å². The van der Waals surface area contributed by atoms with Gasteiger partial charge in [0.2, 0.25) is 11.8 Å². The van der Waals surface area contributed by atoms with E-state index < -0.39 is 53.2 Å². The minimum absolute atomic E-state index is 0.0194. The van der Waals surface area contributed by atoms with Crippen molar-refractivity contribution in [3.05, 3.63) is 35.4 Å². The molecule has 0 bridgehead atoms. The molecular weight excluding hydrogens is 381 g/mol. The Morgan fingerprint density at radius 1 is 1.21 bits per heavy atom. The summed E-state index contributed by atoms with van der Waals surface area (Å²) >= 11 is 0. The highest BCUT2D eigenvalue weighted by Crippen LogP contribution is 2.32. The predicted molar refractivity (Wildman–Crippen MR) is 89.8 cm³/mol. The van der Waals surface area contributed by atoms with Crippen molar-refractivity contribution in [1.29, 1.82) is 0 Å². The molecule has 2 rings (SSSR count). The number of piperidine rings is 1. The molecule has 1 aliphatic heterocycles. The number of carbonyl (C=O) groups excluding carboxylic acids is 3. The van der Waals surface area contributed by atoms with Crippen LogP contribution in [0.3, 0.4) is 0 Å². The summed E-state index contributed by atoms with van der Waals surface area (Å²) in [6.45, 7) is 2.23. The number of ketones is 1. The second-order valence-electron chi connectivity index (χ2n) is 7.18. The number of halogens is 3. The Balaban J connectivity index is 2.22. The SMILES string of the molecule is CC1(C)CN(Cc2ccc(C(F)(F)F)cc2)C(=O)C(C(=O)NCC(=O)O)C1=O. The summed E-state index contributed by atoms with van der Waals surface area (Å²) in [6.07, 6.45) is -4.48. The van der Waals surface area contributed by atoms with Gasteiger partial charge in [0.25, 0.3) is 0 Å². The number of carboxylic acids is 1. The van der Waals surface area contributed by atoms with Gasteiger partial charge in [-0.15, -0.1) is 0 Å². The van der Waals surface area contributed by atoms with Gasteiger partial charge in [-0.3, -0.25) is 19.2 Å². The van der Waals surface area contributed by atoms with E-state index in [9.17, 15) is 32.3 Å². The van der Waals surface area contributed by atoms with E-state index in [1.54, 1.807) is 13.8 Å². The lowest BCUT2D eigenvalue weighted by molar-refractivity contribution is -0.159. The number of amides is 2. The third kappa shape index (κ3) is 4.68. The average molecular weight is 400 g/mol. The van der Waals surface area contributed by atoms with Crippen LogP contribution in [0.4, 0.5) is 13.2 Å². The molecule has 0 radical (unpaired) electrons. The van der Waals surface area contributed by atoms with Crippen LogP contribution in [0.25, 0.3) is 0 Å². The Labute approximate surface area is 158 Å². The first-order valence-electron chi connectivity index (χ1n) is 8.31. The van der Waals surface area contributed by atoms with Crippen molar-refractivity contribution >= 4 is 23.6 Å². The van der Waals surface area contributed by atoms with Gasteiger partial charge in [-0.1, -0.05) is 26.0 Å². The maximum Gasteiger partial charge on any atom is 0.416 e. The highest BCUT2D eigenvalue weighted by atomic mass is 19.4. The molecule has 10 heteroatoms. The van der Waals surface area contributed by atoms with Crippen LogP contribution in [-0.4, -0.2) is 46.7 Å². The van der Waals surface area contributed by atoms with Crippen molar-refractivity contribution in [3.63, 3.8) is 0 Å². The van der Waals surface area contributed by atoms with E-state index in [0.29, 0.717) is 5.56 Å². The molecule has 1 aliphatic rings. The first-order valence-corrected chi connectivity index (χ1v) is 8.31. The first-order chi connectivity index (χ1) is 12.8. The van der Waals surface area contributed by atoms with Crippen molar-refractivity contribution in [2.24, 2.45) is 11.3 Å². The number of likely N-dealkylation sites (tertiary alicyclic amines) is 1. The lowest BCUT2D eigenvalue weighted by Gasteiger charge is -2.40. The summed E-state index contributed by atoms with van der Waals surface area (Å²) in [5, 5.41) is 10.7. The van der Waals surface area contributed by atoms with Crippen LogP contribution in [0.5, 0.6) is 0 Å². The fraction of sp³-hybridized carbons (Fsp3) is 0.444. The van der Waals surface area contributed by atoms with E-state index in [1.807, 2.05) is 5.32 Å². The summed E-state index contributed by atoms with van der Waals surface area (Å²) in [4.78, 5) is 49.2. The highest BCUT2D eigenvalue weighted by molar-refractivity contribution is 6.21. The number of alkyl halides is 3. The summed E-state index contributed by atoms with van der Waals surface area (Å²) in [6, 6.07) is 4.21. The van der Waals surface area contributed by atoms with Gasteiger partial charge in [-0.25, -0.2) is 0 Å². The van der Waals surface area contributed by atoms with Crippen molar-refractivity contribution in [2.45, 2.75) is 26.6 Å². The molecule has 1 saturated heterocycles. The Hall–Kier alpha value is -2.91.